The summed E-state index contributed by atoms with van der Waals surface area (Å²) in [5.74, 6) is 1.30. The van der Waals surface area contributed by atoms with E-state index in [0.29, 0.717) is 29.7 Å². The van der Waals surface area contributed by atoms with Crippen LogP contribution in [0, 0.1) is 17.2 Å². The topological polar surface area (TPSA) is 107 Å². The van der Waals surface area contributed by atoms with Crippen LogP contribution in [0.1, 0.15) is 87.4 Å². The maximum atomic E-state index is 13.3. The van der Waals surface area contributed by atoms with E-state index >= 15 is 0 Å². The fourth-order valence-electron chi connectivity index (χ4n) is 6.20. The number of methoxy groups -OCH3 is 1. The molecule has 2 aliphatic carbocycles. The molecule has 192 valence electrons. The second kappa shape index (κ2) is 11.1. The summed E-state index contributed by atoms with van der Waals surface area (Å²) in [6.45, 7) is 0. The zero-order valence-electron chi connectivity index (χ0n) is 20.9. The lowest BCUT2D eigenvalue weighted by Crippen LogP contribution is -2.50. The molecule has 1 saturated heterocycles. The third-order valence-corrected chi connectivity index (χ3v) is 8.30. The van der Waals surface area contributed by atoms with Crippen LogP contribution >= 0.6 is 11.6 Å². The van der Waals surface area contributed by atoms with Crippen molar-refractivity contribution in [3.8, 4) is 5.88 Å². The molecule has 4 rings (SSSR count). The first-order valence-electron chi connectivity index (χ1n) is 13.0. The monoisotopic (exact) mass is 503 g/mol. The normalized spacial score (nSPS) is 27.6. The van der Waals surface area contributed by atoms with Gasteiger partial charge in [0.25, 0.3) is 11.8 Å². The predicted molar refractivity (Wildman–Crippen MR) is 136 cm³/mol. The number of aromatic nitrogens is 1. The number of carbonyl (C=O) groups excluding carboxylic acids is 2. The zero-order valence-corrected chi connectivity index (χ0v) is 21.6. The number of hydrogen-bond acceptors (Lipinski definition) is 5. The quantitative estimate of drug-likeness (QED) is 0.452. The van der Waals surface area contributed by atoms with Crippen LogP contribution in [-0.2, 0) is 4.79 Å². The van der Waals surface area contributed by atoms with E-state index in [0.717, 1.165) is 38.5 Å². The number of likely N-dealkylation sites (N-methyl/N-ethyl adjacent to an activating group) is 1. The van der Waals surface area contributed by atoms with Crippen LogP contribution in [0.15, 0.2) is 12.1 Å². The van der Waals surface area contributed by atoms with Crippen LogP contribution < -0.4 is 15.4 Å². The predicted octanol–water partition coefficient (Wildman–Crippen LogP) is 4.52. The summed E-state index contributed by atoms with van der Waals surface area (Å²) in [5.41, 5.74) is -0.276. The first-order chi connectivity index (χ1) is 16.8. The molecule has 0 bridgehead atoms. The number of guanidine groups is 1. The number of nitrogens with one attached hydrogen (secondary N) is 3. The van der Waals surface area contributed by atoms with Gasteiger partial charge in [0.2, 0.25) is 5.88 Å². The minimum absolute atomic E-state index is 0.0167. The van der Waals surface area contributed by atoms with E-state index in [1.807, 2.05) is 0 Å². The Morgan fingerprint density at radius 1 is 1.23 bits per heavy atom. The molecule has 1 aromatic heterocycles. The molecule has 1 aliphatic heterocycles. The molecule has 9 heteroatoms. The minimum atomic E-state index is -0.703. The molecule has 0 aromatic carbocycles. The fourth-order valence-corrected chi connectivity index (χ4v) is 6.40. The standard InChI is InChI=1S/C26H38ClN5O3/c1-32-24(34)26(31-25(32)28,12-11-17-7-4-3-5-8-17)16-18-9-6-10-20(13-18)29-23(33)19-14-21(27)30-22(15-19)35-2/h14-15,17-18,20H,3-13,16H2,1-2H3,(H2,28,31)(H,29,33)/t18-,20+,26+/m0/s1. The van der Waals surface area contributed by atoms with E-state index < -0.39 is 5.54 Å². The first-order valence-corrected chi connectivity index (χ1v) is 13.3. The summed E-state index contributed by atoms with van der Waals surface area (Å²) in [6.07, 6.45) is 12.6. The Morgan fingerprint density at radius 2 is 1.97 bits per heavy atom. The zero-order chi connectivity index (χ0) is 25.0. The van der Waals surface area contributed by atoms with E-state index in [-0.39, 0.29) is 29.0 Å². The summed E-state index contributed by atoms with van der Waals surface area (Å²) in [6, 6.07) is 3.16. The lowest BCUT2D eigenvalue weighted by Gasteiger charge is -2.36. The maximum absolute atomic E-state index is 13.3. The lowest BCUT2D eigenvalue weighted by molar-refractivity contribution is -0.131. The molecule has 0 spiro atoms. The lowest BCUT2D eigenvalue weighted by atomic mass is 9.74. The van der Waals surface area contributed by atoms with Crippen LogP contribution in [0.4, 0.5) is 0 Å². The maximum Gasteiger partial charge on any atom is 0.254 e. The molecule has 35 heavy (non-hydrogen) atoms. The van der Waals surface area contributed by atoms with Crippen molar-refractivity contribution in [2.24, 2.45) is 11.8 Å². The smallest absolute Gasteiger partial charge is 0.254 e. The molecule has 2 saturated carbocycles. The molecular weight excluding hydrogens is 466 g/mol. The van der Waals surface area contributed by atoms with Gasteiger partial charge in [0.15, 0.2) is 5.96 Å². The van der Waals surface area contributed by atoms with Gasteiger partial charge in [-0.2, -0.15) is 0 Å². The molecule has 0 radical (unpaired) electrons. The van der Waals surface area contributed by atoms with Crippen LogP contribution in [0.25, 0.3) is 0 Å². The molecule has 3 atom stereocenters. The number of halogens is 1. The first kappa shape index (κ1) is 25.7. The van der Waals surface area contributed by atoms with Gasteiger partial charge in [-0.1, -0.05) is 56.5 Å². The van der Waals surface area contributed by atoms with E-state index in [9.17, 15) is 9.59 Å². The van der Waals surface area contributed by atoms with Gasteiger partial charge in [-0.3, -0.25) is 19.9 Å². The third kappa shape index (κ3) is 6.08. The molecular formula is C26H38ClN5O3. The van der Waals surface area contributed by atoms with Gasteiger partial charge >= 0.3 is 0 Å². The summed E-state index contributed by atoms with van der Waals surface area (Å²) in [5, 5.41) is 14.9. The van der Waals surface area contributed by atoms with Gasteiger partial charge in [0, 0.05) is 24.7 Å². The average molecular weight is 504 g/mol. The van der Waals surface area contributed by atoms with Crippen molar-refractivity contribution in [2.75, 3.05) is 14.2 Å². The number of amides is 2. The Labute approximate surface area is 213 Å². The highest BCUT2D eigenvalue weighted by atomic mass is 35.5. The van der Waals surface area contributed by atoms with E-state index in [1.54, 1.807) is 19.2 Å². The number of hydrogen-bond donors (Lipinski definition) is 3. The summed E-state index contributed by atoms with van der Waals surface area (Å²) < 4.78 is 5.14. The Bertz CT molecular complexity index is 951. The van der Waals surface area contributed by atoms with Gasteiger partial charge in [-0.15, -0.1) is 0 Å². The van der Waals surface area contributed by atoms with Crippen molar-refractivity contribution in [1.82, 2.24) is 20.5 Å². The number of carbonyl (C=O) groups is 2. The van der Waals surface area contributed by atoms with Crippen molar-refractivity contribution in [3.05, 3.63) is 22.8 Å². The van der Waals surface area contributed by atoms with Crippen molar-refractivity contribution in [2.45, 2.75) is 88.6 Å². The van der Waals surface area contributed by atoms with Crippen LogP contribution in [0.3, 0.4) is 0 Å². The Morgan fingerprint density at radius 3 is 2.66 bits per heavy atom. The molecule has 3 N–H and O–H groups in total. The second-order valence-corrected chi connectivity index (χ2v) is 11.0. The molecule has 1 aromatic rings. The van der Waals surface area contributed by atoms with Crippen molar-refractivity contribution in [3.63, 3.8) is 0 Å². The Balaban J connectivity index is 1.41. The van der Waals surface area contributed by atoms with Crippen molar-refractivity contribution < 1.29 is 14.3 Å². The number of rotatable bonds is 8. The number of ether oxygens (including phenoxy) is 1. The van der Waals surface area contributed by atoms with Crippen LogP contribution in [0.2, 0.25) is 5.15 Å². The highest BCUT2D eigenvalue weighted by molar-refractivity contribution is 6.29. The van der Waals surface area contributed by atoms with Crippen molar-refractivity contribution >= 4 is 29.4 Å². The largest absolute Gasteiger partial charge is 0.481 e. The van der Waals surface area contributed by atoms with Gasteiger partial charge in [0.1, 0.15) is 10.7 Å². The summed E-state index contributed by atoms with van der Waals surface area (Å²) in [4.78, 5) is 31.7. The Kier molecular flexibility index (Phi) is 8.19. The van der Waals surface area contributed by atoms with Crippen molar-refractivity contribution in [1.29, 1.82) is 5.41 Å². The highest BCUT2D eigenvalue weighted by Crippen LogP contribution is 2.38. The van der Waals surface area contributed by atoms with E-state index in [2.05, 4.69) is 15.6 Å². The van der Waals surface area contributed by atoms with Gasteiger partial charge in [-0.25, -0.2) is 4.98 Å². The molecule has 8 nitrogen and oxygen atoms in total. The van der Waals surface area contributed by atoms with Crippen LogP contribution in [-0.4, -0.2) is 53.4 Å². The van der Waals surface area contributed by atoms with Gasteiger partial charge < -0.3 is 15.4 Å². The van der Waals surface area contributed by atoms with Gasteiger partial charge in [0.05, 0.1) is 7.11 Å². The number of pyridine rings is 1. The number of nitrogens with zero attached hydrogens (tertiary/aromatic N) is 2. The SMILES string of the molecule is COc1cc(C(=O)N[C@@H]2CCC[C@H](C[C@@]3(CCC4CCCCC4)NC(=N)N(C)C3=O)C2)cc(Cl)n1. The second-order valence-electron chi connectivity index (χ2n) is 10.6. The molecule has 3 fully saturated rings. The summed E-state index contributed by atoms with van der Waals surface area (Å²) >= 11 is 6.04. The van der Waals surface area contributed by atoms with E-state index in [1.165, 1.54) is 44.1 Å². The highest BCUT2D eigenvalue weighted by Gasteiger charge is 2.49. The van der Waals surface area contributed by atoms with E-state index in [4.69, 9.17) is 21.7 Å². The average Bonchev–Trinajstić information content (AvgIpc) is 3.06. The van der Waals surface area contributed by atoms with Crippen LogP contribution in [0.5, 0.6) is 5.88 Å². The fraction of sp³-hybridized carbons (Fsp3) is 0.692. The molecule has 2 amide bonds. The molecule has 3 aliphatic rings. The third-order valence-electron chi connectivity index (χ3n) is 8.11. The molecule has 2 heterocycles. The Hall–Kier alpha value is -2.35. The molecule has 0 unspecified atom stereocenters. The summed E-state index contributed by atoms with van der Waals surface area (Å²) in [7, 11) is 3.18. The minimum Gasteiger partial charge on any atom is -0.481 e. The van der Waals surface area contributed by atoms with Gasteiger partial charge in [-0.05, 0) is 50.0 Å².